The summed E-state index contributed by atoms with van der Waals surface area (Å²) in [6.07, 6.45) is 0. The number of rotatable bonds is 4. The molecule has 0 amide bonds. The highest BCUT2D eigenvalue weighted by Crippen LogP contribution is 2.24. The summed E-state index contributed by atoms with van der Waals surface area (Å²) in [7, 11) is 1.64. The van der Waals surface area contributed by atoms with Gasteiger partial charge in [-0.1, -0.05) is 48.5 Å². The molecule has 2 aromatic heterocycles. The lowest BCUT2D eigenvalue weighted by atomic mass is 10.1. The van der Waals surface area contributed by atoms with Gasteiger partial charge in [0.15, 0.2) is 0 Å². The zero-order valence-corrected chi connectivity index (χ0v) is 16.4. The van der Waals surface area contributed by atoms with E-state index in [0.717, 1.165) is 44.3 Å². The number of ether oxygens (including phenoxy) is 1. The number of nitrogens with zero attached hydrogens (tertiary/aromatic N) is 2. The lowest BCUT2D eigenvalue weighted by Gasteiger charge is -2.07. The first kappa shape index (κ1) is 17.9. The Morgan fingerprint density at radius 2 is 1.70 bits per heavy atom. The highest BCUT2D eigenvalue weighted by atomic mass is 16.5. The minimum atomic E-state index is 0.673. The lowest BCUT2D eigenvalue weighted by molar-refractivity contribution is 0.415. The number of pyridine rings is 1. The molecule has 0 saturated heterocycles. The third-order valence-electron chi connectivity index (χ3n) is 4.90. The molecule has 5 nitrogen and oxygen atoms in total. The van der Waals surface area contributed by atoms with Crippen molar-refractivity contribution in [1.82, 2.24) is 4.98 Å². The zero-order valence-electron chi connectivity index (χ0n) is 16.4. The van der Waals surface area contributed by atoms with Gasteiger partial charge < -0.3 is 9.15 Å². The number of benzene rings is 3. The van der Waals surface area contributed by atoms with Crippen molar-refractivity contribution in [2.24, 2.45) is 5.10 Å². The van der Waals surface area contributed by atoms with Crippen molar-refractivity contribution in [2.45, 2.75) is 0 Å². The highest BCUT2D eigenvalue weighted by molar-refractivity contribution is 5.81. The van der Waals surface area contributed by atoms with E-state index in [2.05, 4.69) is 15.5 Å². The average Bonchev–Trinajstić information content (AvgIpc) is 2.82. The molecular formula is C25H19N3O2. The van der Waals surface area contributed by atoms with E-state index in [1.807, 2.05) is 91.0 Å². The standard InChI is InChI=1S/C25H19N3O2/c1-29-19-12-13-23-20(15-19)22(16-24(30-23)18-8-3-2-4-9-18)27-28-25-14-11-17-7-5-6-10-21(17)26-25/h2-16H,1H3,(H,26,28)/b27-22+. The Balaban J connectivity index is 1.64. The minimum Gasteiger partial charge on any atom is -0.497 e. The molecule has 0 saturated carbocycles. The average molecular weight is 393 g/mol. The van der Waals surface area contributed by atoms with Crippen LogP contribution < -0.4 is 15.5 Å². The molecular weight excluding hydrogens is 374 g/mol. The van der Waals surface area contributed by atoms with Gasteiger partial charge >= 0.3 is 0 Å². The second-order valence-corrected chi connectivity index (χ2v) is 6.84. The lowest BCUT2D eigenvalue weighted by Crippen LogP contribution is -2.08. The molecule has 146 valence electrons. The summed E-state index contributed by atoms with van der Waals surface area (Å²) in [6, 6.07) is 29.5. The molecule has 0 aliphatic rings. The van der Waals surface area contributed by atoms with Crippen LogP contribution in [0.25, 0.3) is 33.2 Å². The van der Waals surface area contributed by atoms with Crippen molar-refractivity contribution >= 4 is 27.7 Å². The molecule has 5 aromatic rings. The molecule has 0 bridgehead atoms. The minimum absolute atomic E-state index is 0.673. The summed E-state index contributed by atoms with van der Waals surface area (Å²) >= 11 is 0. The first-order valence-electron chi connectivity index (χ1n) is 9.63. The van der Waals surface area contributed by atoms with Crippen LogP contribution in [0.5, 0.6) is 5.75 Å². The van der Waals surface area contributed by atoms with E-state index in [4.69, 9.17) is 9.15 Å². The van der Waals surface area contributed by atoms with Gasteiger partial charge in [0.05, 0.1) is 18.0 Å². The molecule has 0 fully saturated rings. The van der Waals surface area contributed by atoms with Crippen LogP contribution in [0.4, 0.5) is 5.82 Å². The van der Waals surface area contributed by atoms with E-state index in [0.29, 0.717) is 5.82 Å². The summed E-state index contributed by atoms with van der Waals surface area (Å²) in [5.41, 5.74) is 5.71. The summed E-state index contributed by atoms with van der Waals surface area (Å²) in [5, 5.41) is 7.32. The predicted molar refractivity (Wildman–Crippen MR) is 119 cm³/mol. The quantitative estimate of drug-likeness (QED) is 0.405. The molecule has 30 heavy (non-hydrogen) atoms. The first-order valence-corrected chi connectivity index (χ1v) is 9.63. The maximum absolute atomic E-state index is 6.14. The van der Waals surface area contributed by atoms with Gasteiger partial charge in [0.25, 0.3) is 0 Å². The van der Waals surface area contributed by atoms with E-state index >= 15 is 0 Å². The largest absolute Gasteiger partial charge is 0.497 e. The van der Waals surface area contributed by atoms with E-state index < -0.39 is 0 Å². The van der Waals surface area contributed by atoms with Gasteiger partial charge in [0.1, 0.15) is 22.9 Å². The van der Waals surface area contributed by atoms with Gasteiger partial charge in [-0.15, -0.1) is 0 Å². The third-order valence-corrected chi connectivity index (χ3v) is 4.90. The molecule has 0 spiro atoms. The monoisotopic (exact) mass is 393 g/mol. The van der Waals surface area contributed by atoms with Gasteiger partial charge in [-0.2, -0.15) is 5.10 Å². The Morgan fingerprint density at radius 1 is 0.867 bits per heavy atom. The van der Waals surface area contributed by atoms with E-state index in [1.54, 1.807) is 7.11 Å². The normalized spacial score (nSPS) is 11.7. The Bertz CT molecular complexity index is 1410. The molecule has 5 rings (SSSR count). The topological polar surface area (TPSA) is 59.7 Å². The summed E-state index contributed by atoms with van der Waals surface area (Å²) in [5.74, 6) is 2.15. The van der Waals surface area contributed by atoms with Gasteiger partial charge in [0, 0.05) is 22.4 Å². The molecule has 0 aliphatic heterocycles. The van der Waals surface area contributed by atoms with Crippen LogP contribution in [0.15, 0.2) is 101 Å². The van der Waals surface area contributed by atoms with Crippen LogP contribution in [0.2, 0.25) is 0 Å². The Hall–Kier alpha value is -4.12. The Labute approximate surface area is 173 Å². The fourth-order valence-corrected chi connectivity index (χ4v) is 3.36. The van der Waals surface area contributed by atoms with Crippen LogP contribution >= 0.6 is 0 Å². The predicted octanol–water partition coefficient (Wildman–Crippen LogP) is 5.58. The Morgan fingerprint density at radius 3 is 2.57 bits per heavy atom. The van der Waals surface area contributed by atoms with Crippen LogP contribution in [0, 0.1) is 0 Å². The van der Waals surface area contributed by atoms with Gasteiger partial charge in [-0.3, -0.25) is 5.43 Å². The molecule has 0 unspecified atom stereocenters. The van der Waals surface area contributed by atoms with Gasteiger partial charge in [-0.05, 0) is 36.4 Å². The molecule has 0 aliphatic carbocycles. The molecule has 0 atom stereocenters. The third kappa shape index (κ3) is 3.49. The van der Waals surface area contributed by atoms with E-state index in [9.17, 15) is 0 Å². The van der Waals surface area contributed by atoms with Crippen LogP contribution in [0.1, 0.15) is 0 Å². The SMILES string of the molecule is COc1ccc2oc(-c3ccccc3)c/c(=N\Nc3ccc4ccccc4n3)c2c1. The number of anilines is 1. The van der Waals surface area contributed by atoms with Crippen molar-refractivity contribution in [2.75, 3.05) is 12.5 Å². The van der Waals surface area contributed by atoms with Gasteiger partial charge in [-0.25, -0.2) is 4.98 Å². The van der Waals surface area contributed by atoms with E-state index in [1.165, 1.54) is 0 Å². The van der Waals surface area contributed by atoms with Gasteiger partial charge in [0.2, 0.25) is 0 Å². The summed E-state index contributed by atoms with van der Waals surface area (Å²) in [6.45, 7) is 0. The molecule has 1 N–H and O–H groups in total. The van der Waals surface area contributed by atoms with Crippen LogP contribution in [-0.2, 0) is 0 Å². The number of aromatic nitrogens is 1. The molecule has 0 radical (unpaired) electrons. The molecule has 2 heterocycles. The first-order chi connectivity index (χ1) is 14.8. The number of fused-ring (bicyclic) bond motifs is 2. The van der Waals surface area contributed by atoms with Crippen molar-refractivity contribution in [3.63, 3.8) is 0 Å². The maximum Gasteiger partial charge on any atom is 0.146 e. The van der Waals surface area contributed by atoms with Crippen molar-refractivity contribution in [3.05, 3.63) is 96.4 Å². The van der Waals surface area contributed by atoms with Crippen molar-refractivity contribution < 1.29 is 9.15 Å². The van der Waals surface area contributed by atoms with Crippen molar-refractivity contribution in [3.8, 4) is 17.1 Å². The summed E-state index contributed by atoms with van der Waals surface area (Å²) in [4.78, 5) is 4.63. The Kier molecular flexibility index (Phi) is 4.62. The highest BCUT2D eigenvalue weighted by Gasteiger charge is 2.07. The number of nitrogens with one attached hydrogen (secondary N) is 1. The maximum atomic E-state index is 6.14. The van der Waals surface area contributed by atoms with Crippen molar-refractivity contribution in [1.29, 1.82) is 0 Å². The fourth-order valence-electron chi connectivity index (χ4n) is 3.36. The number of methoxy groups -OCH3 is 1. The second kappa shape index (κ2) is 7.72. The smallest absolute Gasteiger partial charge is 0.146 e. The van der Waals surface area contributed by atoms with E-state index in [-0.39, 0.29) is 0 Å². The fraction of sp³-hybridized carbons (Fsp3) is 0.0400. The molecule has 5 heteroatoms. The zero-order chi connectivity index (χ0) is 20.3. The number of hydrogen-bond acceptors (Lipinski definition) is 5. The van der Waals surface area contributed by atoms with Crippen LogP contribution in [-0.4, -0.2) is 12.1 Å². The molecule has 3 aromatic carbocycles. The summed E-state index contributed by atoms with van der Waals surface area (Å²) < 4.78 is 11.5. The number of para-hydroxylation sites is 1. The second-order valence-electron chi connectivity index (χ2n) is 6.84. The number of hydrogen-bond donors (Lipinski definition) is 1. The van der Waals surface area contributed by atoms with Crippen LogP contribution in [0.3, 0.4) is 0 Å².